The van der Waals surface area contributed by atoms with E-state index in [-0.39, 0.29) is 6.04 Å². The quantitative estimate of drug-likeness (QED) is 0.539. The molecule has 0 aliphatic rings. The van der Waals surface area contributed by atoms with E-state index in [0.717, 1.165) is 25.7 Å². The molecule has 0 aliphatic carbocycles. The summed E-state index contributed by atoms with van der Waals surface area (Å²) in [5.41, 5.74) is 5.33. The fourth-order valence-corrected chi connectivity index (χ4v) is 2.30. The highest BCUT2D eigenvalue weighted by molar-refractivity contribution is 4.86. The topological polar surface area (TPSA) is 46.2 Å². The monoisotopic (exact) mass is 243 g/mol. The van der Waals surface area contributed by atoms with E-state index in [4.69, 9.17) is 5.73 Å². The summed E-state index contributed by atoms with van der Waals surface area (Å²) in [7, 11) is 0. The van der Waals surface area contributed by atoms with Gasteiger partial charge >= 0.3 is 0 Å². The molecule has 2 nitrogen and oxygen atoms in total. The van der Waals surface area contributed by atoms with Crippen molar-refractivity contribution in [1.82, 2.24) is 0 Å². The van der Waals surface area contributed by atoms with Crippen LogP contribution in [0.5, 0.6) is 0 Å². The first-order valence-corrected chi connectivity index (χ1v) is 7.54. The molecule has 0 saturated carbocycles. The van der Waals surface area contributed by atoms with Gasteiger partial charge in [-0.3, -0.25) is 0 Å². The average Bonchev–Trinajstić information content (AvgIpc) is 2.30. The second kappa shape index (κ2) is 9.90. The number of unbranched alkanes of at least 4 members (excludes halogenated alkanes) is 6. The highest BCUT2D eigenvalue weighted by Gasteiger charge is 2.29. The van der Waals surface area contributed by atoms with E-state index >= 15 is 0 Å². The Morgan fingerprint density at radius 1 is 0.882 bits per heavy atom. The minimum atomic E-state index is -0.624. The molecular formula is C15H33NO. The second-order valence-electron chi connectivity index (χ2n) is 5.51. The van der Waals surface area contributed by atoms with Crippen molar-refractivity contribution in [2.24, 2.45) is 5.73 Å². The fourth-order valence-electron chi connectivity index (χ4n) is 2.30. The predicted molar refractivity (Wildman–Crippen MR) is 76.1 cm³/mol. The molecule has 0 amide bonds. The normalized spacial score (nSPS) is 13.9. The van der Waals surface area contributed by atoms with Crippen LogP contribution in [0.2, 0.25) is 0 Å². The zero-order chi connectivity index (χ0) is 13.1. The predicted octanol–water partition coefficient (Wildman–Crippen LogP) is 4.01. The van der Waals surface area contributed by atoms with Crippen LogP contribution in [0.1, 0.15) is 85.0 Å². The Hall–Kier alpha value is -0.0800. The van der Waals surface area contributed by atoms with Crippen LogP contribution in [0.3, 0.4) is 0 Å². The van der Waals surface area contributed by atoms with E-state index in [1.807, 2.05) is 6.92 Å². The van der Waals surface area contributed by atoms with Gasteiger partial charge in [-0.05, 0) is 19.8 Å². The van der Waals surface area contributed by atoms with Crippen molar-refractivity contribution in [1.29, 1.82) is 0 Å². The first-order chi connectivity index (χ1) is 8.06. The third-order valence-corrected chi connectivity index (χ3v) is 3.77. The molecule has 1 atom stereocenters. The van der Waals surface area contributed by atoms with Gasteiger partial charge in [0.05, 0.1) is 5.60 Å². The molecule has 0 bridgehead atoms. The molecule has 17 heavy (non-hydrogen) atoms. The van der Waals surface area contributed by atoms with Crippen LogP contribution < -0.4 is 5.73 Å². The summed E-state index contributed by atoms with van der Waals surface area (Å²) >= 11 is 0. The molecule has 0 fully saturated rings. The highest BCUT2D eigenvalue weighted by Crippen LogP contribution is 2.25. The standard InChI is InChI=1S/C15H33NO/c1-4-6-8-10-12-15(17,14(3)16)13-11-9-7-5-2/h14,17H,4-13,16H2,1-3H3. The SMILES string of the molecule is CCCCCCC(O)(CCCCCC)C(C)N. The smallest absolute Gasteiger partial charge is 0.0795 e. The number of rotatable bonds is 11. The zero-order valence-corrected chi connectivity index (χ0v) is 12.2. The van der Waals surface area contributed by atoms with Crippen LogP contribution in [-0.4, -0.2) is 16.7 Å². The van der Waals surface area contributed by atoms with E-state index in [1.165, 1.54) is 38.5 Å². The van der Waals surface area contributed by atoms with Crippen molar-refractivity contribution in [2.75, 3.05) is 0 Å². The van der Waals surface area contributed by atoms with Crippen molar-refractivity contribution in [3.05, 3.63) is 0 Å². The molecule has 0 radical (unpaired) electrons. The van der Waals surface area contributed by atoms with Crippen molar-refractivity contribution in [2.45, 2.75) is 96.6 Å². The molecule has 0 spiro atoms. The van der Waals surface area contributed by atoms with Crippen molar-refractivity contribution >= 4 is 0 Å². The maximum Gasteiger partial charge on any atom is 0.0795 e. The first kappa shape index (κ1) is 16.9. The lowest BCUT2D eigenvalue weighted by Gasteiger charge is -2.32. The van der Waals surface area contributed by atoms with Gasteiger partial charge in [-0.25, -0.2) is 0 Å². The maximum atomic E-state index is 10.6. The summed E-state index contributed by atoms with van der Waals surface area (Å²) in [5.74, 6) is 0. The summed E-state index contributed by atoms with van der Waals surface area (Å²) in [5, 5.41) is 10.6. The molecule has 0 rings (SSSR count). The van der Waals surface area contributed by atoms with Crippen LogP contribution in [0.15, 0.2) is 0 Å². The summed E-state index contributed by atoms with van der Waals surface area (Å²) in [6.07, 6.45) is 11.4. The lowest BCUT2D eigenvalue weighted by molar-refractivity contribution is -0.00170. The molecule has 104 valence electrons. The van der Waals surface area contributed by atoms with Crippen LogP contribution >= 0.6 is 0 Å². The van der Waals surface area contributed by atoms with Crippen molar-refractivity contribution < 1.29 is 5.11 Å². The number of nitrogens with two attached hydrogens (primary N) is 1. The lowest BCUT2D eigenvalue weighted by atomic mass is 9.84. The van der Waals surface area contributed by atoms with Gasteiger partial charge in [-0.15, -0.1) is 0 Å². The molecule has 0 aliphatic heterocycles. The Morgan fingerprint density at radius 3 is 1.59 bits per heavy atom. The molecule has 3 N–H and O–H groups in total. The minimum absolute atomic E-state index is 0.106. The van der Waals surface area contributed by atoms with Gasteiger partial charge < -0.3 is 10.8 Å². The summed E-state index contributed by atoms with van der Waals surface area (Å²) in [6, 6.07) is -0.106. The Morgan fingerprint density at radius 2 is 1.29 bits per heavy atom. The first-order valence-electron chi connectivity index (χ1n) is 7.54. The Labute approximate surface area is 108 Å². The molecular weight excluding hydrogens is 210 g/mol. The van der Waals surface area contributed by atoms with Crippen molar-refractivity contribution in [3.63, 3.8) is 0 Å². The molecule has 0 aromatic carbocycles. The van der Waals surface area contributed by atoms with Crippen LogP contribution in [-0.2, 0) is 0 Å². The van der Waals surface area contributed by atoms with Gasteiger partial charge in [0.2, 0.25) is 0 Å². The fraction of sp³-hybridized carbons (Fsp3) is 1.00. The van der Waals surface area contributed by atoms with E-state index in [9.17, 15) is 5.11 Å². The van der Waals surface area contributed by atoms with E-state index in [1.54, 1.807) is 0 Å². The highest BCUT2D eigenvalue weighted by atomic mass is 16.3. The molecule has 0 aromatic rings. The van der Waals surface area contributed by atoms with E-state index in [2.05, 4.69) is 13.8 Å². The van der Waals surface area contributed by atoms with Gasteiger partial charge in [-0.2, -0.15) is 0 Å². The van der Waals surface area contributed by atoms with Gasteiger partial charge in [0.15, 0.2) is 0 Å². The van der Waals surface area contributed by atoms with E-state index in [0.29, 0.717) is 0 Å². The van der Waals surface area contributed by atoms with Crippen LogP contribution in [0.25, 0.3) is 0 Å². The largest absolute Gasteiger partial charge is 0.388 e. The molecule has 0 aromatic heterocycles. The zero-order valence-electron chi connectivity index (χ0n) is 12.2. The number of hydrogen-bond donors (Lipinski definition) is 2. The minimum Gasteiger partial charge on any atom is -0.388 e. The Balaban J connectivity index is 3.90. The number of aliphatic hydroxyl groups is 1. The third kappa shape index (κ3) is 7.77. The van der Waals surface area contributed by atoms with Gasteiger partial charge in [-0.1, -0.05) is 65.2 Å². The second-order valence-corrected chi connectivity index (χ2v) is 5.51. The van der Waals surface area contributed by atoms with Gasteiger partial charge in [0, 0.05) is 6.04 Å². The van der Waals surface area contributed by atoms with Crippen molar-refractivity contribution in [3.8, 4) is 0 Å². The molecule has 0 heterocycles. The summed E-state index contributed by atoms with van der Waals surface area (Å²) < 4.78 is 0. The summed E-state index contributed by atoms with van der Waals surface area (Å²) in [4.78, 5) is 0. The average molecular weight is 243 g/mol. The Bertz CT molecular complexity index is 156. The lowest BCUT2D eigenvalue weighted by Crippen LogP contribution is -2.46. The van der Waals surface area contributed by atoms with Crippen LogP contribution in [0.4, 0.5) is 0 Å². The summed E-state index contributed by atoms with van der Waals surface area (Å²) in [6.45, 7) is 6.37. The maximum absolute atomic E-state index is 10.6. The van der Waals surface area contributed by atoms with Crippen LogP contribution in [0, 0.1) is 0 Å². The number of hydrogen-bond acceptors (Lipinski definition) is 2. The molecule has 2 heteroatoms. The molecule has 1 unspecified atom stereocenters. The van der Waals surface area contributed by atoms with Gasteiger partial charge in [0.1, 0.15) is 0 Å². The third-order valence-electron chi connectivity index (χ3n) is 3.77. The van der Waals surface area contributed by atoms with Gasteiger partial charge in [0.25, 0.3) is 0 Å². The molecule has 0 saturated heterocycles. The Kier molecular flexibility index (Phi) is 9.85. The van der Waals surface area contributed by atoms with E-state index < -0.39 is 5.60 Å².